The number of ether oxygens (including phenoxy) is 1. The molecule has 1 saturated carbocycles. The van der Waals surface area contributed by atoms with Crippen molar-refractivity contribution in [3.63, 3.8) is 0 Å². The third-order valence-electron chi connectivity index (χ3n) is 4.03. The van der Waals surface area contributed by atoms with E-state index in [0.717, 1.165) is 50.4 Å². The Bertz CT molecular complexity index is 283. The van der Waals surface area contributed by atoms with Crippen LogP contribution in [0.2, 0.25) is 0 Å². The standard InChI is InChI=1S/C15H26O2/c1-12(2)10-13-6-5-8-15(16,11-13)14-7-3-4-9-17-14/h7,12-13,16H,3-6,8-11H2,1-2H3. The van der Waals surface area contributed by atoms with Crippen molar-refractivity contribution in [3.05, 3.63) is 11.8 Å². The molecule has 1 N–H and O–H groups in total. The lowest BCUT2D eigenvalue weighted by molar-refractivity contribution is -0.0393. The molecule has 1 fully saturated rings. The molecular weight excluding hydrogens is 212 g/mol. The van der Waals surface area contributed by atoms with Crippen LogP contribution in [0.3, 0.4) is 0 Å². The summed E-state index contributed by atoms with van der Waals surface area (Å²) in [5, 5.41) is 10.8. The Kier molecular flexibility index (Phi) is 4.13. The van der Waals surface area contributed by atoms with Crippen LogP contribution < -0.4 is 0 Å². The second-order valence-corrected chi connectivity index (χ2v) is 6.18. The third-order valence-corrected chi connectivity index (χ3v) is 4.03. The van der Waals surface area contributed by atoms with Gasteiger partial charge in [0.25, 0.3) is 0 Å². The molecule has 0 radical (unpaired) electrons. The van der Waals surface area contributed by atoms with Gasteiger partial charge >= 0.3 is 0 Å². The minimum atomic E-state index is -0.655. The van der Waals surface area contributed by atoms with E-state index in [1.807, 2.05) is 0 Å². The van der Waals surface area contributed by atoms with E-state index < -0.39 is 5.60 Å². The molecule has 2 aliphatic rings. The van der Waals surface area contributed by atoms with Crippen LogP contribution in [0.1, 0.15) is 58.8 Å². The second kappa shape index (κ2) is 5.43. The maximum Gasteiger partial charge on any atom is 0.124 e. The van der Waals surface area contributed by atoms with Gasteiger partial charge in [0.2, 0.25) is 0 Å². The molecule has 1 aliphatic carbocycles. The summed E-state index contributed by atoms with van der Waals surface area (Å²) < 4.78 is 5.68. The molecule has 17 heavy (non-hydrogen) atoms. The predicted octanol–water partition coefficient (Wildman–Crippen LogP) is 3.65. The highest BCUT2D eigenvalue weighted by atomic mass is 16.5. The van der Waals surface area contributed by atoms with E-state index in [2.05, 4.69) is 19.9 Å². The zero-order chi connectivity index (χ0) is 12.3. The van der Waals surface area contributed by atoms with Gasteiger partial charge in [0.15, 0.2) is 0 Å². The lowest BCUT2D eigenvalue weighted by Gasteiger charge is -2.39. The van der Waals surface area contributed by atoms with Crippen molar-refractivity contribution in [3.8, 4) is 0 Å². The summed E-state index contributed by atoms with van der Waals surface area (Å²) in [6.45, 7) is 5.32. The van der Waals surface area contributed by atoms with Crippen molar-refractivity contribution in [2.45, 2.75) is 64.4 Å². The van der Waals surface area contributed by atoms with Crippen LogP contribution in [0.15, 0.2) is 11.8 Å². The Morgan fingerprint density at radius 3 is 2.94 bits per heavy atom. The van der Waals surface area contributed by atoms with Crippen molar-refractivity contribution in [1.82, 2.24) is 0 Å². The summed E-state index contributed by atoms with van der Waals surface area (Å²) in [4.78, 5) is 0. The largest absolute Gasteiger partial charge is 0.495 e. The Morgan fingerprint density at radius 1 is 1.47 bits per heavy atom. The summed E-state index contributed by atoms with van der Waals surface area (Å²) in [5.74, 6) is 2.26. The molecule has 2 rings (SSSR count). The van der Waals surface area contributed by atoms with E-state index in [9.17, 15) is 5.11 Å². The second-order valence-electron chi connectivity index (χ2n) is 6.18. The Morgan fingerprint density at radius 2 is 2.29 bits per heavy atom. The van der Waals surface area contributed by atoms with Gasteiger partial charge in [-0.15, -0.1) is 0 Å². The van der Waals surface area contributed by atoms with E-state index in [1.165, 1.54) is 12.8 Å². The molecular formula is C15H26O2. The Labute approximate surface area is 105 Å². The molecule has 0 spiro atoms. The quantitative estimate of drug-likeness (QED) is 0.813. The maximum atomic E-state index is 10.8. The zero-order valence-corrected chi connectivity index (χ0v) is 11.2. The minimum absolute atomic E-state index is 0.655. The van der Waals surface area contributed by atoms with Crippen LogP contribution >= 0.6 is 0 Å². The predicted molar refractivity (Wildman–Crippen MR) is 69.6 cm³/mol. The van der Waals surface area contributed by atoms with Crippen molar-refractivity contribution >= 4 is 0 Å². The Hall–Kier alpha value is -0.500. The first-order chi connectivity index (χ1) is 8.10. The van der Waals surface area contributed by atoms with Gasteiger partial charge in [-0.1, -0.05) is 20.3 Å². The van der Waals surface area contributed by atoms with Gasteiger partial charge in [0.05, 0.1) is 6.61 Å². The van der Waals surface area contributed by atoms with Crippen molar-refractivity contribution in [1.29, 1.82) is 0 Å². The molecule has 0 amide bonds. The fraction of sp³-hybridized carbons (Fsp3) is 0.867. The number of allylic oxidation sites excluding steroid dienone is 1. The molecule has 2 heteroatoms. The van der Waals surface area contributed by atoms with Gasteiger partial charge < -0.3 is 9.84 Å². The van der Waals surface area contributed by atoms with Crippen molar-refractivity contribution < 1.29 is 9.84 Å². The summed E-state index contributed by atoms with van der Waals surface area (Å²) in [6, 6.07) is 0. The van der Waals surface area contributed by atoms with Gasteiger partial charge in [0.1, 0.15) is 11.4 Å². The van der Waals surface area contributed by atoms with E-state index in [-0.39, 0.29) is 0 Å². The van der Waals surface area contributed by atoms with Crippen LogP contribution in [0.25, 0.3) is 0 Å². The van der Waals surface area contributed by atoms with Gasteiger partial charge in [-0.3, -0.25) is 0 Å². The fourth-order valence-electron chi connectivity index (χ4n) is 3.34. The van der Waals surface area contributed by atoms with E-state index >= 15 is 0 Å². The van der Waals surface area contributed by atoms with Crippen LogP contribution in [-0.2, 0) is 4.74 Å². The highest BCUT2D eigenvalue weighted by molar-refractivity contribution is 5.13. The van der Waals surface area contributed by atoms with Crippen LogP contribution in [0.4, 0.5) is 0 Å². The summed E-state index contributed by atoms with van der Waals surface area (Å²) in [6.07, 6.45) is 9.69. The first-order valence-corrected chi connectivity index (χ1v) is 7.16. The summed E-state index contributed by atoms with van der Waals surface area (Å²) in [5.41, 5.74) is -0.655. The molecule has 2 atom stereocenters. The number of hydrogen-bond acceptors (Lipinski definition) is 2. The zero-order valence-electron chi connectivity index (χ0n) is 11.2. The third kappa shape index (κ3) is 3.25. The van der Waals surface area contributed by atoms with Crippen molar-refractivity contribution in [2.75, 3.05) is 6.61 Å². The van der Waals surface area contributed by atoms with Crippen LogP contribution in [0, 0.1) is 11.8 Å². The summed E-state index contributed by atoms with van der Waals surface area (Å²) in [7, 11) is 0. The smallest absolute Gasteiger partial charge is 0.124 e. The van der Waals surface area contributed by atoms with E-state index in [0.29, 0.717) is 5.92 Å². The molecule has 98 valence electrons. The number of hydrogen-bond donors (Lipinski definition) is 1. The van der Waals surface area contributed by atoms with E-state index in [1.54, 1.807) is 0 Å². The lowest BCUT2D eigenvalue weighted by Crippen LogP contribution is -2.39. The maximum absolute atomic E-state index is 10.8. The van der Waals surface area contributed by atoms with Gasteiger partial charge in [-0.25, -0.2) is 0 Å². The van der Waals surface area contributed by atoms with Gasteiger partial charge in [0, 0.05) is 0 Å². The van der Waals surface area contributed by atoms with Gasteiger partial charge in [-0.2, -0.15) is 0 Å². The SMILES string of the molecule is CC(C)CC1CCCC(O)(C2=CCCCO2)C1. The number of rotatable bonds is 3. The summed E-state index contributed by atoms with van der Waals surface area (Å²) >= 11 is 0. The molecule has 0 aromatic rings. The molecule has 0 saturated heterocycles. The van der Waals surface area contributed by atoms with Crippen LogP contribution in [0.5, 0.6) is 0 Å². The molecule has 1 heterocycles. The highest BCUT2D eigenvalue weighted by Crippen LogP contribution is 2.41. The van der Waals surface area contributed by atoms with Gasteiger partial charge in [-0.05, 0) is 56.4 Å². The monoisotopic (exact) mass is 238 g/mol. The average Bonchev–Trinajstić information content (AvgIpc) is 2.29. The first kappa shape index (κ1) is 12.9. The molecule has 1 aliphatic heterocycles. The molecule has 2 unspecified atom stereocenters. The fourth-order valence-corrected chi connectivity index (χ4v) is 3.34. The molecule has 0 aromatic carbocycles. The minimum Gasteiger partial charge on any atom is -0.495 e. The molecule has 2 nitrogen and oxygen atoms in total. The van der Waals surface area contributed by atoms with Crippen molar-refractivity contribution in [2.24, 2.45) is 11.8 Å². The lowest BCUT2D eigenvalue weighted by atomic mass is 9.74. The molecule has 0 aromatic heterocycles. The van der Waals surface area contributed by atoms with E-state index in [4.69, 9.17) is 4.74 Å². The normalized spacial score (nSPS) is 34.4. The van der Waals surface area contributed by atoms with Crippen LogP contribution in [-0.4, -0.2) is 17.3 Å². The number of aliphatic hydroxyl groups is 1. The molecule has 0 bridgehead atoms. The Balaban J connectivity index is 2.01. The highest BCUT2D eigenvalue weighted by Gasteiger charge is 2.39. The first-order valence-electron chi connectivity index (χ1n) is 7.16. The topological polar surface area (TPSA) is 29.5 Å². The average molecular weight is 238 g/mol.